The number of hydrogen-bond donors (Lipinski definition) is 2. The standard InChI is InChI=1S/C11H15N3O4/c1-18-10-3-2-9(14(16)17)6-8(10)7-13-5-4-11(12)15/h2-3,6,13H,4-5,7H2,1H3,(H2,12,15). The molecule has 0 aliphatic carbocycles. The molecular weight excluding hydrogens is 238 g/mol. The molecule has 0 saturated heterocycles. The van der Waals surface area contributed by atoms with E-state index < -0.39 is 10.8 Å². The van der Waals surface area contributed by atoms with Crippen LogP contribution in [0.1, 0.15) is 12.0 Å². The molecule has 0 fully saturated rings. The summed E-state index contributed by atoms with van der Waals surface area (Å²) in [5.41, 5.74) is 5.66. The number of non-ortho nitro benzene ring substituents is 1. The predicted molar refractivity (Wildman–Crippen MR) is 65.2 cm³/mol. The van der Waals surface area contributed by atoms with Crippen molar-refractivity contribution in [1.29, 1.82) is 0 Å². The molecule has 0 spiro atoms. The topological polar surface area (TPSA) is 107 Å². The van der Waals surface area contributed by atoms with E-state index in [0.717, 1.165) is 0 Å². The Morgan fingerprint density at radius 2 is 2.28 bits per heavy atom. The lowest BCUT2D eigenvalue weighted by Gasteiger charge is -2.09. The molecule has 0 unspecified atom stereocenters. The van der Waals surface area contributed by atoms with Crippen LogP contribution in [0.15, 0.2) is 18.2 Å². The first-order valence-electron chi connectivity index (χ1n) is 5.35. The van der Waals surface area contributed by atoms with Crippen LogP contribution < -0.4 is 15.8 Å². The molecule has 0 aliphatic heterocycles. The number of nitrogens with two attached hydrogens (primary N) is 1. The summed E-state index contributed by atoms with van der Waals surface area (Å²) in [6, 6.07) is 4.37. The SMILES string of the molecule is COc1ccc([N+](=O)[O-])cc1CNCCC(N)=O. The fourth-order valence-electron chi connectivity index (χ4n) is 1.45. The number of nitrogens with zero attached hydrogens (tertiary/aromatic N) is 1. The van der Waals surface area contributed by atoms with Crippen molar-refractivity contribution in [2.45, 2.75) is 13.0 Å². The highest BCUT2D eigenvalue weighted by Gasteiger charge is 2.10. The highest BCUT2D eigenvalue weighted by Crippen LogP contribution is 2.23. The highest BCUT2D eigenvalue weighted by molar-refractivity contribution is 5.73. The van der Waals surface area contributed by atoms with Crippen LogP contribution in [0.5, 0.6) is 5.75 Å². The Morgan fingerprint density at radius 1 is 1.56 bits per heavy atom. The maximum Gasteiger partial charge on any atom is 0.270 e. The van der Waals surface area contributed by atoms with Crippen molar-refractivity contribution in [3.05, 3.63) is 33.9 Å². The largest absolute Gasteiger partial charge is 0.496 e. The number of primary amides is 1. The quantitative estimate of drug-likeness (QED) is 0.419. The number of nitro groups is 1. The van der Waals surface area contributed by atoms with Gasteiger partial charge in [-0.2, -0.15) is 0 Å². The first-order chi connectivity index (χ1) is 8.54. The van der Waals surface area contributed by atoms with E-state index in [2.05, 4.69) is 5.32 Å². The van der Waals surface area contributed by atoms with Gasteiger partial charge in [-0.25, -0.2) is 0 Å². The van der Waals surface area contributed by atoms with Gasteiger partial charge in [-0.3, -0.25) is 14.9 Å². The van der Waals surface area contributed by atoms with Gasteiger partial charge in [0.25, 0.3) is 5.69 Å². The molecule has 98 valence electrons. The molecule has 0 heterocycles. The van der Waals surface area contributed by atoms with Crippen LogP contribution in [-0.2, 0) is 11.3 Å². The van der Waals surface area contributed by atoms with Gasteiger partial charge < -0.3 is 15.8 Å². The van der Waals surface area contributed by atoms with Crippen LogP contribution in [0, 0.1) is 10.1 Å². The van der Waals surface area contributed by atoms with Gasteiger partial charge >= 0.3 is 0 Å². The average Bonchev–Trinajstić information content (AvgIpc) is 2.34. The predicted octanol–water partition coefficient (Wildman–Crippen LogP) is 0.568. The molecule has 0 aliphatic rings. The van der Waals surface area contributed by atoms with E-state index in [1.807, 2.05) is 0 Å². The van der Waals surface area contributed by atoms with Crippen molar-refractivity contribution in [3.8, 4) is 5.75 Å². The number of amides is 1. The summed E-state index contributed by atoms with van der Waals surface area (Å²) in [6.45, 7) is 0.791. The minimum Gasteiger partial charge on any atom is -0.496 e. The molecule has 1 aromatic carbocycles. The zero-order chi connectivity index (χ0) is 13.5. The fourth-order valence-corrected chi connectivity index (χ4v) is 1.45. The minimum absolute atomic E-state index is 0.00232. The van der Waals surface area contributed by atoms with Crippen LogP contribution in [0.4, 0.5) is 5.69 Å². The van der Waals surface area contributed by atoms with Crippen LogP contribution >= 0.6 is 0 Å². The molecule has 0 saturated carbocycles. The zero-order valence-corrected chi connectivity index (χ0v) is 10.0. The smallest absolute Gasteiger partial charge is 0.270 e. The number of benzene rings is 1. The van der Waals surface area contributed by atoms with Gasteiger partial charge in [0.1, 0.15) is 5.75 Å². The summed E-state index contributed by atoms with van der Waals surface area (Å²) in [5, 5.41) is 13.6. The van der Waals surface area contributed by atoms with E-state index in [0.29, 0.717) is 24.4 Å². The van der Waals surface area contributed by atoms with Crippen LogP contribution in [0.3, 0.4) is 0 Å². The molecule has 18 heavy (non-hydrogen) atoms. The summed E-state index contributed by atoms with van der Waals surface area (Å²) < 4.78 is 5.10. The molecule has 1 aromatic rings. The Morgan fingerprint density at radius 3 is 2.83 bits per heavy atom. The van der Waals surface area contributed by atoms with E-state index in [-0.39, 0.29) is 12.1 Å². The van der Waals surface area contributed by atoms with E-state index >= 15 is 0 Å². The summed E-state index contributed by atoms with van der Waals surface area (Å²) >= 11 is 0. The molecular formula is C11H15N3O4. The Balaban J connectivity index is 2.69. The first kappa shape index (κ1) is 13.9. The van der Waals surface area contributed by atoms with Crippen molar-refractivity contribution in [1.82, 2.24) is 5.32 Å². The Kier molecular flexibility index (Phi) is 5.06. The molecule has 7 nitrogen and oxygen atoms in total. The summed E-state index contributed by atoms with van der Waals surface area (Å²) in [6.07, 6.45) is 0.219. The molecule has 0 atom stereocenters. The number of carbonyl (C=O) groups excluding carboxylic acids is 1. The maximum absolute atomic E-state index is 10.7. The second-order valence-corrected chi connectivity index (χ2v) is 3.65. The number of ether oxygens (including phenoxy) is 1. The van der Waals surface area contributed by atoms with Crippen molar-refractivity contribution >= 4 is 11.6 Å². The van der Waals surface area contributed by atoms with Gasteiger partial charge in [0, 0.05) is 37.2 Å². The summed E-state index contributed by atoms with van der Waals surface area (Å²) in [4.78, 5) is 20.7. The third-order valence-corrected chi connectivity index (χ3v) is 2.34. The number of nitro benzene ring substituents is 1. The van der Waals surface area contributed by atoms with E-state index in [4.69, 9.17) is 10.5 Å². The normalized spacial score (nSPS) is 10.1. The third kappa shape index (κ3) is 4.02. The van der Waals surface area contributed by atoms with Crippen LogP contribution in [0.2, 0.25) is 0 Å². The monoisotopic (exact) mass is 253 g/mol. The lowest BCUT2D eigenvalue weighted by atomic mass is 10.1. The number of hydrogen-bond acceptors (Lipinski definition) is 5. The lowest BCUT2D eigenvalue weighted by Crippen LogP contribution is -2.21. The molecule has 1 amide bonds. The third-order valence-electron chi connectivity index (χ3n) is 2.34. The molecule has 3 N–H and O–H groups in total. The van der Waals surface area contributed by atoms with E-state index in [9.17, 15) is 14.9 Å². The van der Waals surface area contributed by atoms with Gasteiger partial charge in [0.15, 0.2) is 0 Å². The van der Waals surface area contributed by atoms with Crippen molar-refractivity contribution < 1.29 is 14.5 Å². The minimum atomic E-state index is -0.466. The fraction of sp³-hybridized carbons (Fsp3) is 0.364. The number of methoxy groups -OCH3 is 1. The Hall–Kier alpha value is -2.15. The van der Waals surface area contributed by atoms with Crippen LogP contribution in [-0.4, -0.2) is 24.5 Å². The first-order valence-corrected chi connectivity index (χ1v) is 5.35. The Labute approximate surface area is 104 Å². The van der Waals surface area contributed by atoms with Crippen molar-refractivity contribution in [2.24, 2.45) is 5.73 Å². The van der Waals surface area contributed by atoms with Crippen molar-refractivity contribution in [2.75, 3.05) is 13.7 Å². The summed E-state index contributed by atoms with van der Waals surface area (Å²) in [7, 11) is 1.49. The van der Waals surface area contributed by atoms with Gasteiger partial charge in [-0.1, -0.05) is 0 Å². The molecule has 1 rings (SSSR count). The zero-order valence-electron chi connectivity index (χ0n) is 10.0. The number of nitrogens with one attached hydrogen (secondary N) is 1. The van der Waals surface area contributed by atoms with Crippen LogP contribution in [0.25, 0.3) is 0 Å². The molecule has 0 aromatic heterocycles. The van der Waals surface area contributed by atoms with Gasteiger partial charge in [0.2, 0.25) is 5.91 Å². The number of rotatable bonds is 7. The lowest BCUT2D eigenvalue weighted by molar-refractivity contribution is -0.384. The molecule has 0 bridgehead atoms. The highest BCUT2D eigenvalue weighted by atomic mass is 16.6. The number of carbonyl (C=O) groups is 1. The summed E-state index contributed by atoms with van der Waals surface area (Å²) in [5.74, 6) is 0.167. The van der Waals surface area contributed by atoms with Crippen molar-refractivity contribution in [3.63, 3.8) is 0 Å². The molecule has 7 heteroatoms. The Bertz CT molecular complexity index is 448. The maximum atomic E-state index is 10.7. The van der Waals surface area contributed by atoms with E-state index in [1.165, 1.54) is 19.2 Å². The second-order valence-electron chi connectivity index (χ2n) is 3.65. The second kappa shape index (κ2) is 6.55. The molecule has 0 radical (unpaired) electrons. The van der Waals surface area contributed by atoms with E-state index in [1.54, 1.807) is 6.07 Å². The van der Waals surface area contributed by atoms with Gasteiger partial charge in [-0.05, 0) is 6.07 Å². The van der Waals surface area contributed by atoms with Gasteiger partial charge in [0.05, 0.1) is 12.0 Å². The average molecular weight is 253 g/mol. The van der Waals surface area contributed by atoms with Gasteiger partial charge in [-0.15, -0.1) is 0 Å².